The Morgan fingerprint density at radius 1 is 1.50 bits per heavy atom. The van der Waals surface area contributed by atoms with Gasteiger partial charge in [0.1, 0.15) is 0 Å². The van der Waals surface area contributed by atoms with Crippen LogP contribution in [0.25, 0.3) is 0 Å². The third-order valence-electron chi connectivity index (χ3n) is 3.34. The molecule has 1 saturated heterocycles. The molecular formula is C12H20N2OS. The molecule has 90 valence electrons. The van der Waals surface area contributed by atoms with Crippen molar-refractivity contribution in [3.63, 3.8) is 0 Å². The predicted octanol–water partition coefficient (Wildman–Crippen LogP) is 1.93. The van der Waals surface area contributed by atoms with E-state index < -0.39 is 0 Å². The Labute approximate surface area is 101 Å². The average Bonchev–Trinajstić information content (AvgIpc) is 2.77. The van der Waals surface area contributed by atoms with Gasteiger partial charge in [-0.25, -0.2) is 4.98 Å². The summed E-state index contributed by atoms with van der Waals surface area (Å²) >= 11 is 1.83. The summed E-state index contributed by atoms with van der Waals surface area (Å²) < 4.78 is 5.56. The summed E-state index contributed by atoms with van der Waals surface area (Å²) in [4.78, 5) is 5.98. The highest BCUT2D eigenvalue weighted by Gasteiger charge is 2.35. The molecule has 1 unspecified atom stereocenters. The lowest BCUT2D eigenvalue weighted by molar-refractivity contribution is 0.150. The first kappa shape index (κ1) is 12.0. The van der Waals surface area contributed by atoms with Crippen LogP contribution in [0.4, 0.5) is 0 Å². The summed E-state index contributed by atoms with van der Waals surface area (Å²) in [6.07, 6.45) is 2.19. The number of hydrogen-bond donors (Lipinski definition) is 1. The second kappa shape index (κ2) is 4.82. The van der Waals surface area contributed by atoms with Crippen LogP contribution in [0.1, 0.15) is 22.0 Å². The molecule has 0 radical (unpaired) electrons. The van der Waals surface area contributed by atoms with Gasteiger partial charge in [0.2, 0.25) is 0 Å². The summed E-state index contributed by atoms with van der Waals surface area (Å²) in [6.45, 7) is 7.01. The first-order chi connectivity index (χ1) is 7.65. The molecule has 1 aliphatic rings. The second-order valence-electron chi connectivity index (χ2n) is 4.76. The van der Waals surface area contributed by atoms with Crippen LogP contribution in [0.2, 0.25) is 0 Å². The van der Waals surface area contributed by atoms with E-state index in [1.165, 1.54) is 15.6 Å². The van der Waals surface area contributed by atoms with Crippen LogP contribution in [-0.4, -0.2) is 31.8 Å². The quantitative estimate of drug-likeness (QED) is 0.873. The van der Waals surface area contributed by atoms with Gasteiger partial charge in [0, 0.05) is 29.9 Å². The Morgan fingerprint density at radius 3 is 2.81 bits per heavy atom. The SMILES string of the molecule is CNCC1(Cc2nc(C)c(C)s2)CCOC1. The molecule has 4 heteroatoms. The third kappa shape index (κ3) is 2.44. The Morgan fingerprint density at radius 2 is 2.31 bits per heavy atom. The summed E-state index contributed by atoms with van der Waals surface area (Å²) in [5, 5.41) is 4.55. The molecule has 1 aromatic rings. The number of thiazole rings is 1. The second-order valence-corrected chi connectivity index (χ2v) is 6.05. The van der Waals surface area contributed by atoms with E-state index in [2.05, 4.69) is 24.1 Å². The van der Waals surface area contributed by atoms with Crippen LogP contribution in [0.3, 0.4) is 0 Å². The molecule has 3 nitrogen and oxygen atoms in total. The molecule has 0 spiro atoms. The molecular weight excluding hydrogens is 220 g/mol. The van der Waals surface area contributed by atoms with Gasteiger partial charge >= 0.3 is 0 Å². The fourth-order valence-corrected chi connectivity index (χ4v) is 3.41. The van der Waals surface area contributed by atoms with E-state index in [9.17, 15) is 0 Å². The summed E-state index contributed by atoms with van der Waals surface area (Å²) in [6, 6.07) is 0. The number of ether oxygens (including phenoxy) is 1. The molecule has 2 rings (SSSR count). The number of aryl methyl sites for hydroxylation is 2. The molecule has 1 fully saturated rings. The van der Waals surface area contributed by atoms with Gasteiger partial charge in [0.15, 0.2) is 0 Å². The zero-order valence-electron chi connectivity index (χ0n) is 10.3. The van der Waals surface area contributed by atoms with Crippen LogP contribution in [-0.2, 0) is 11.2 Å². The van der Waals surface area contributed by atoms with Crippen molar-refractivity contribution >= 4 is 11.3 Å². The standard InChI is InChI=1S/C12H20N2OS/c1-9-10(2)16-11(14-9)6-12(7-13-3)4-5-15-8-12/h13H,4-8H2,1-3H3. The number of hydrogen-bond acceptors (Lipinski definition) is 4. The van der Waals surface area contributed by atoms with Gasteiger partial charge in [0.25, 0.3) is 0 Å². The fourth-order valence-electron chi connectivity index (χ4n) is 2.30. The summed E-state index contributed by atoms with van der Waals surface area (Å²) in [5.41, 5.74) is 1.45. The molecule has 2 heterocycles. The van der Waals surface area contributed by atoms with E-state index in [1.807, 2.05) is 18.4 Å². The van der Waals surface area contributed by atoms with Crippen LogP contribution < -0.4 is 5.32 Å². The Balaban J connectivity index is 2.11. The maximum Gasteiger partial charge on any atom is 0.0937 e. The minimum Gasteiger partial charge on any atom is -0.381 e. The summed E-state index contributed by atoms with van der Waals surface area (Å²) in [5.74, 6) is 0. The molecule has 0 saturated carbocycles. The van der Waals surface area contributed by atoms with Gasteiger partial charge in [-0.05, 0) is 27.3 Å². The van der Waals surface area contributed by atoms with Crippen molar-refractivity contribution in [3.8, 4) is 0 Å². The molecule has 0 bridgehead atoms. The van der Waals surface area contributed by atoms with Crippen molar-refractivity contribution in [2.45, 2.75) is 26.7 Å². The maximum absolute atomic E-state index is 5.56. The highest BCUT2D eigenvalue weighted by Crippen LogP contribution is 2.33. The average molecular weight is 240 g/mol. The smallest absolute Gasteiger partial charge is 0.0937 e. The minimum absolute atomic E-state index is 0.269. The van der Waals surface area contributed by atoms with Crippen LogP contribution in [0.15, 0.2) is 0 Å². The normalized spacial score (nSPS) is 25.2. The lowest BCUT2D eigenvalue weighted by Crippen LogP contribution is -2.35. The van der Waals surface area contributed by atoms with Crippen molar-refractivity contribution in [2.24, 2.45) is 5.41 Å². The molecule has 0 aromatic carbocycles. The van der Waals surface area contributed by atoms with Gasteiger partial charge in [-0.2, -0.15) is 0 Å². The van der Waals surface area contributed by atoms with E-state index in [0.717, 1.165) is 32.6 Å². The van der Waals surface area contributed by atoms with Crippen LogP contribution in [0.5, 0.6) is 0 Å². The van der Waals surface area contributed by atoms with E-state index in [1.54, 1.807) is 0 Å². The lowest BCUT2D eigenvalue weighted by Gasteiger charge is -2.25. The van der Waals surface area contributed by atoms with Crippen LogP contribution in [0, 0.1) is 19.3 Å². The predicted molar refractivity (Wildman–Crippen MR) is 67.1 cm³/mol. The summed E-state index contributed by atoms with van der Waals surface area (Å²) in [7, 11) is 2.01. The van der Waals surface area contributed by atoms with Crippen molar-refractivity contribution in [2.75, 3.05) is 26.8 Å². The number of rotatable bonds is 4. The van der Waals surface area contributed by atoms with E-state index >= 15 is 0 Å². The number of nitrogens with zero attached hydrogens (tertiary/aromatic N) is 1. The molecule has 1 aliphatic heterocycles. The van der Waals surface area contributed by atoms with Crippen molar-refractivity contribution in [1.29, 1.82) is 0 Å². The van der Waals surface area contributed by atoms with Gasteiger partial charge < -0.3 is 10.1 Å². The van der Waals surface area contributed by atoms with E-state index in [4.69, 9.17) is 4.74 Å². The van der Waals surface area contributed by atoms with Gasteiger partial charge in [-0.3, -0.25) is 0 Å². The topological polar surface area (TPSA) is 34.2 Å². The fraction of sp³-hybridized carbons (Fsp3) is 0.750. The highest BCUT2D eigenvalue weighted by molar-refractivity contribution is 7.11. The number of nitrogens with one attached hydrogen (secondary N) is 1. The molecule has 0 amide bonds. The number of aromatic nitrogens is 1. The highest BCUT2D eigenvalue weighted by atomic mass is 32.1. The van der Waals surface area contributed by atoms with Crippen molar-refractivity contribution < 1.29 is 4.74 Å². The third-order valence-corrected chi connectivity index (χ3v) is 4.41. The zero-order valence-corrected chi connectivity index (χ0v) is 11.1. The van der Waals surface area contributed by atoms with Gasteiger partial charge in [-0.15, -0.1) is 11.3 Å². The minimum atomic E-state index is 0.269. The Kier molecular flexibility index (Phi) is 3.62. The Hall–Kier alpha value is -0.450. The van der Waals surface area contributed by atoms with E-state index in [0.29, 0.717) is 0 Å². The van der Waals surface area contributed by atoms with Crippen molar-refractivity contribution in [1.82, 2.24) is 10.3 Å². The van der Waals surface area contributed by atoms with Gasteiger partial charge in [-0.1, -0.05) is 0 Å². The van der Waals surface area contributed by atoms with Crippen molar-refractivity contribution in [3.05, 3.63) is 15.6 Å². The first-order valence-electron chi connectivity index (χ1n) is 5.80. The van der Waals surface area contributed by atoms with Gasteiger partial charge in [0.05, 0.1) is 17.3 Å². The monoisotopic (exact) mass is 240 g/mol. The maximum atomic E-state index is 5.56. The first-order valence-corrected chi connectivity index (χ1v) is 6.62. The Bertz CT molecular complexity index is 336. The molecule has 16 heavy (non-hydrogen) atoms. The molecule has 0 aliphatic carbocycles. The largest absolute Gasteiger partial charge is 0.381 e. The zero-order chi connectivity index (χ0) is 11.6. The molecule has 1 aromatic heterocycles. The van der Waals surface area contributed by atoms with E-state index in [-0.39, 0.29) is 5.41 Å². The molecule has 1 atom stereocenters. The lowest BCUT2D eigenvalue weighted by atomic mass is 9.84. The van der Waals surface area contributed by atoms with Crippen LogP contribution >= 0.6 is 11.3 Å². The molecule has 1 N–H and O–H groups in total.